The fraction of sp³-hybridized carbons (Fsp3) is 0.435. The van der Waals surface area contributed by atoms with Gasteiger partial charge in [0.1, 0.15) is 6.54 Å². The summed E-state index contributed by atoms with van der Waals surface area (Å²) in [6, 6.07) is 13.7. The van der Waals surface area contributed by atoms with Crippen molar-refractivity contribution < 1.29 is 26.4 Å². The van der Waals surface area contributed by atoms with E-state index in [2.05, 4.69) is 11.4 Å². The number of amides is 1. The van der Waals surface area contributed by atoms with Crippen molar-refractivity contribution in [1.82, 2.24) is 9.62 Å². The third-order valence-electron chi connectivity index (χ3n) is 5.47. The Morgan fingerprint density at radius 3 is 2.35 bits per heavy atom. The van der Waals surface area contributed by atoms with Crippen LogP contribution < -0.4 is 9.62 Å². The highest BCUT2D eigenvalue weighted by atomic mass is 32.2. The van der Waals surface area contributed by atoms with Gasteiger partial charge in [-0.25, -0.2) is 16.8 Å². The third kappa shape index (κ3) is 7.02. The number of nitrogens with one attached hydrogen (secondary N) is 1. The molecule has 0 aromatic heterocycles. The number of sulfonamides is 2. The summed E-state index contributed by atoms with van der Waals surface area (Å²) in [6.45, 7) is 3.25. The quantitative estimate of drug-likeness (QED) is 0.486. The zero-order valence-electron chi connectivity index (χ0n) is 19.4. The Bertz CT molecular complexity index is 1190. The van der Waals surface area contributed by atoms with E-state index < -0.39 is 32.5 Å². The van der Waals surface area contributed by atoms with E-state index in [0.29, 0.717) is 19.8 Å². The van der Waals surface area contributed by atoms with E-state index in [0.717, 1.165) is 23.4 Å². The minimum atomic E-state index is -3.76. The number of carbonyl (C=O) groups is 1. The Balaban J connectivity index is 1.61. The lowest BCUT2D eigenvalue weighted by Crippen LogP contribution is -2.41. The Morgan fingerprint density at radius 2 is 1.74 bits per heavy atom. The van der Waals surface area contributed by atoms with Crippen LogP contribution in [-0.2, 0) is 36.0 Å². The number of hydrogen-bond acceptors (Lipinski definition) is 6. The Labute approximate surface area is 201 Å². The first-order valence-electron chi connectivity index (χ1n) is 11.1. The van der Waals surface area contributed by atoms with Crippen molar-refractivity contribution >= 4 is 31.6 Å². The van der Waals surface area contributed by atoms with E-state index in [4.69, 9.17) is 4.74 Å². The Hall–Kier alpha value is -2.47. The molecule has 0 aliphatic carbocycles. The van der Waals surface area contributed by atoms with Crippen molar-refractivity contribution in [2.24, 2.45) is 0 Å². The summed E-state index contributed by atoms with van der Waals surface area (Å²) in [5.41, 5.74) is 2.58. The molecule has 1 N–H and O–H groups in total. The predicted molar refractivity (Wildman–Crippen MR) is 131 cm³/mol. The molecular formula is C23H31N3O6S2. The maximum atomic E-state index is 12.8. The van der Waals surface area contributed by atoms with Crippen molar-refractivity contribution in [1.29, 1.82) is 0 Å². The average molecular weight is 510 g/mol. The highest BCUT2D eigenvalue weighted by Crippen LogP contribution is 2.23. The van der Waals surface area contributed by atoms with E-state index in [1.165, 1.54) is 39.7 Å². The summed E-state index contributed by atoms with van der Waals surface area (Å²) in [5.74, 6) is -0.431. The van der Waals surface area contributed by atoms with Gasteiger partial charge < -0.3 is 10.1 Å². The van der Waals surface area contributed by atoms with Crippen LogP contribution in [0.15, 0.2) is 53.4 Å². The zero-order valence-corrected chi connectivity index (χ0v) is 21.1. The molecule has 186 valence electrons. The van der Waals surface area contributed by atoms with Gasteiger partial charge in [-0.15, -0.1) is 0 Å². The first-order valence-corrected chi connectivity index (χ1v) is 14.3. The number of benzene rings is 2. The van der Waals surface area contributed by atoms with Crippen molar-refractivity contribution in [3.05, 3.63) is 59.7 Å². The summed E-state index contributed by atoms with van der Waals surface area (Å²) < 4.78 is 57.8. The third-order valence-corrected chi connectivity index (χ3v) is 8.52. The molecule has 9 nitrogen and oxygen atoms in total. The van der Waals surface area contributed by atoms with Gasteiger partial charge in [0, 0.05) is 19.6 Å². The Morgan fingerprint density at radius 1 is 1.06 bits per heavy atom. The molecule has 1 heterocycles. The smallest absolute Gasteiger partial charge is 0.243 e. The number of hydrogen-bond donors (Lipinski definition) is 1. The minimum absolute atomic E-state index is 0.0622. The molecule has 0 saturated carbocycles. The highest BCUT2D eigenvalue weighted by Gasteiger charge is 2.27. The van der Waals surface area contributed by atoms with E-state index >= 15 is 0 Å². The van der Waals surface area contributed by atoms with Gasteiger partial charge in [0.25, 0.3) is 0 Å². The number of aryl methyl sites for hydroxylation is 2. The molecule has 0 unspecified atom stereocenters. The molecule has 0 atom stereocenters. The predicted octanol–water partition coefficient (Wildman–Crippen LogP) is 1.53. The van der Waals surface area contributed by atoms with Crippen molar-refractivity contribution in [2.75, 3.05) is 50.0 Å². The number of nitrogens with zero attached hydrogens (tertiary/aromatic N) is 2. The zero-order chi connectivity index (χ0) is 24.8. The molecule has 3 rings (SSSR count). The molecule has 1 amide bonds. The van der Waals surface area contributed by atoms with E-state index in [-0.39, 0.29) is 23.7 Å². The molecular weight excluding hydrogens is 478 g/mol. The maximum Gasteiger partial charge on any atom is 0.243 e. The van der Waals surface area contributed by atoms with Crippen LogP contribution in [0.5, 0.6) is 0 Å². The molecule has 2 aromatic carbocycles. The number of morpholine rings is 1. The van der Waals surface area contributed by atoms with Gasteiger partial charge in [-0.1, -0.05) is 29.8 Å². The lowest BCUT2D eigenvalue weighted by atomic mass is 10.1. The Kier molecular flexibility index (Phi) is 8.69. The summed E-state index contributed by atoms with van der Waals surface area (Å²) in [7, 11) is -7.46. The second-order valence-electron chi connectivity index (χ2n) is 8.22. The molecule has 2 aromatic rings. The van der Waals surface area contributed by atoms with Crippen LogP contribution in [0, 0.1) is 6.92 Å². The van der Waals surface area contributed by atoms with E-state index in [1.54, 1.807) is 0 Å². The second-order valence-corrected chi connectivity index (χ2v) is 12.1. The monoisotopic (exact) mass is 509 g/mol. The lowest BCUT2D eigenvalue weighted by molar-refractivity contribution is -0.119. The standard InChI is InChI=1S/C23H31N3O6S2/c1-19-5-3-6-20(17-19)7-4-12-24-23(27)18-26(33(2,28)29)21-8-10-22(11-9-21)34(30,31)25-13-15-32-16-14-25/h3,5-6,8-11,17H,4,7,12-16,18H2,1-2H3,(H,24,27). The summed E-state index contributed by atoms with van der Waals surface area (Å²) in [6.07, 6.45) is 2.54. The average Bonchev–Trinajstić information content (AvgIpc) is 2.80. The van der Waals surface area contributed by atoms with Gasteiger partial charge in [0.2, 0.25) is 26.0 Å². The molecule has 0 bridgehead atoms. The molecule has 0 radical (unpaired) electrons. The van der Waals surface area contributed by atoms with E-state index in [9.17, 15) is 21.6 Å². The van der Waals surface area contributed by atoms with Crippen LogP contribution in [0.25, 0.3) is 0 Å². The van der Waals surface area contributed by atoms with Gasteiger partial charge in [0.15, 0.2) is 0 Å². The summed E-state index contributed by atoms with van der Waals surface area (Å²) >= 11 is 0. The molecule has 1 saturated heterocycles. The molecule has 11 heteroatoms. The van der Waals surface area contributed by atoms with Crippen molar-refractivity contribution in [3.8, 4) is 0 Å². The van der Waals surface area contributed by atoms with Crippen LogP contribution >= 0.6 is 0 Å². The fourth-order valence-electron chi connectivity index (χ4n) is 3.69. The van der Waals surface area contributed by atoms with Gasteiger partial charge in [-0.2, -0.15) is 4.31 Å². The summed E-state index contributed by atoms with van der Waals surface area (Å²) in [5, 5.41) is 2.76. The van der Waals surface area contributed by atoms with Crippen molar-refractivity contribution in [2.45, 2.75) is 24.7 Å². The topological polar surface area (TPSA) is 113 Å². The van der Waals surface area contributed by atoms with Gasteiger partial charge in [-0.05, 0) is 49.6 Å². The van der Waals surface area contributed by atoms with Gasteiger partial charge in [0.05, 0.1) is 30.1 Å². The molecule has 1 aliphatic rings. The van der Waals surface area contributed by atoms with Crippen LogP contribution in [0.1, 0.15) is 17.5 Å². The van der Waals surface area contributed by atoms with Crippen LogP contribution in [0.3, 0.4) is 0 Å². The number of carbonyl (C=O) groups excluding carboxylic acids is 1. The molecule has 1 aliphatic heterocycles. The SMILES string of the molecule is Cc1cccc(CCCNC(=O)CN(c2ccc(S(=O)(=O)N3CCOCC3)cc2)S(C)(=O)=O)c1. The van der Waals surface area contributed by atoms with Crippen molar-refractivity contribution in [3.63, 3.8) is 0 Å². The normalized spacial score (nSPS) is 15.1. The fourth-order valence-corrected chi connectivity index (χ4v) is 5.96. The highest BCUT2D eigenvalue weighted by molar-refractivity contribution is 7.92. The largest absolute Gasteiger partial charge is 0.379 e. The first kappa shape index (κ1) is 26.1. The van der Waals surface area contributed by atoms with Crippen LogP contribution in [-0.4, -0.2) is 72.7 Å². The minimum Gasteiger partial charge on any atom is -0.379 e. The number of rotatable bonds is 10. The lowest BCUT2D eigenvalue weighted by Gasteiger charge is -2.26. The summed E-state index contributed by atoms with van der Waals surface area (Å²) in [4.78, 5) is 12.5. The first-order chi connectivity index (χ1) is 16.1. The van der Waals surface area contributed by atoms with E-state index in [1.807, 2.05) is 25.1 Å². The second kappa shape index (κ2) is 11.3. The van der Waals surface area contributed by atoms with Crippen LogP contribution in [0.2, 0.25) is 0 Å². The van der Waals surface area contributed by atoms with Gasteiger partial charge >= 0.3 is 0 Å². The van der Waals surface area contributed by atoms with Crippen LogP contribution in [0.4, 0.5) is 5.69 Å². The maximum absolute atomic E-state index is 12.8. The van der Waals surface area contributed by atoms with Gasteiger partial charge in [-0.3, -0.25) is 9.10 Å². The number of ether oxygens (including phenoxy) is 1. The molecule has 0 spiro atoms. The molecule has 34 heavy (non-hydrogen) atoms. The number of anilines is 1. The molecule has 1 fully saturated rings.